The van der Waals surface area contributed by atoms with Gasteiger partial charge in [0.2, 0.25) is 0 Å². The molecule has 11 heteroatoms. The minimum absolute atomic E-state index is 0.0816. The Labute approximate surface area is 180 Å². The molecule has 6 nitrogen and oxygen atoms in total. The number of nitrogens with one attached hydrogen (secondary N) is 2. The second-order valence-corrected chi connectivity index (χ2v) is 9.16. The number of rotatable bonds is 5. The summed E-state index contributed by atoms with van der Waals surface area (Å²) in [5, 5.41) is 9.65. The largest absolute Gasteiger partial charge is 0.405 e. The second-order valence-electron chi connectivity index (χ2n) is 7.09. The molecule has 1 unspecified atom stereocenters. The first-order valence-corrected chi connectivity index (χ1v) is 11.1. The van der Waals surface area contributed by atoms with Crippen LogP contribution in [0.2, 0.25) is 0 Å². The highest BCUT2D eigenvalue weighted by atomic mass is 32.1. The van der Waals surface area contributed by atoms with Crippen molar-refractivity contribution in [3.8, 4) is 10.6 Å². The Morgan fingerprint density at radius 3 is 2.77 bits per heavy atom. The van der Waals surface area contributed by atoms with E-state index in [1.807, 2.05) is 19.2 Å². The molecular formula is C19H21F3N6S2. The van der Waals surface area contributed by atoms with Crippen molar-refractivity contribution >= 4 is 33.6 Å². The van der Waals surface area contributed by atoms with Gasteiger partial charge in [0.1, 0.15) is 11.9 Å². The van der Waals surface area contributed by atoms with Crippen LogP contribution in [0.4, 0.5) is 24.1 Å². The number of hydrogen-bond donors (Lipinski definition) is 2. The van der Waals surface area contributed by atoms with Crippen LogP contribution in [0.5, 0.6) is 0 Å². The average molecular weight is 455 g/mol. The van der Waals surface area contributed by atoms with Crippen LogP contribution < -0.4 is 10.6 Å². The van der Waals surface area contributed by atoms with Crippen LogP contribution in [0, 0.1) is 13.8 Å². The molecule has 0 aromatic carbocycles. The molecule has 0 radical (unpaired) electrons. The third-order valence-corrected chi connectivity index (χ3v) is 6.67. The maximum absolute atomic E-state index is 13.2. The summed E-state index contributed by atoms with van der Waals surface area (Å²) in [5.41, 5.74) is 2.58. The van der Waals surface area contributed by atoms with Crippen molar-refractivity contribution in [3.05, 3.63) is 40.0 Å². The summed E-state index contributed by atoms with van der Waals surface area (Å²) in [7, 11) is 0. The molecule has 4 heterocycles. The SMILES string of the molecule is Cc1nc(C)c(-c2csc(Nc3ccc(CN4CCNCC4C(F)(F)F)cn3)n2)s1. The van der Waals surface area contributed by atoms with Crippen LogP contribution >= 0.6 is 22.7 Å². The number of halogens is 3. The summed E-state index contributed by atoms with van der Waals surface area (Å²) in [4.78, 5) is 15.9. The molecule has 1 atom stereocenters. The Bertz CT molecular complexity index is 999. The molecule has 1 aliphatic rings. The molecule has 30 heavy (non-hydrogen) atoms. The van der Waals surface area contributed by atoms with Gasteiger partial charge in [-0.15, -0.1) is 22.7 Å². The van der Waals surface area contributed by atoms with E-state index >= 15 is 0 Å². The van der Waals surface area contributed by atoms with Crippen molar-refractivity contribution in [3.63, 3.8) is 0 Å². The van der Waals surface area contributed by atoms with Crippen molar-refractivity contribution < 1.29 is 13.2 Å². The summed E-state index contributed by atoms with van der Waals surface area (Å²) < 4.78 is 39.7. The summed E-state index contributed by atoms with van der Waals surface area (Å²) in [6, 6.07) is 2.09. The fraction of sp³-hybridized carbons (Fsp3) is 0.421. The average Bonchev–Trinajstić information content (AvgIpc) is 3.28. The van der Waals surface area contributed by atoms with Crippen LogP contribution in [-0.2, 0) is 6.54 Å². The monoisotopic (exact) mass is 454 g/mol. The van der Waals surface area contributed by atoms with Gasteiger partial charge in [-0.25, -0.2) is 15.0 Å². The molecular weight excluding hydrogens is 433 g/mol. The molecule has 3 aromatic rings. The molecule has 1 aliphatic heterocycles. The van der Waals surface area contributed by atoms with E-state index < -0.39 is 12.2 Å². The highest BCUT2D eigenvalue weighted by Crippen LogP contribution is 2.33. The quantitative estimate of drug-likeness (QED) is 0.597. The number of aromatic nitrogens is 3. The van der Waals surface area contributed by atoms with Gasteiger partial charge in [-0.1, -0.05) is 6.07 Å². The lowest BCUT2D eigenvalue weighted by Crippen LogP contribution is -2.57. The second kappa shape index (κ2) is 8.58. The Morgan fingerprint density at radius 1 is 1.27 bits per heavy atom. The lowest BCUT2D eigenvalue weighted by atomic mass is 10.1. The van der Waals surface area contributed by atoms with Crippen LogP contribution in [-0.4, -0.2) is 51.7 Å². The van der Waals surface area contributed by atoms with Crippen molar-refractivity contribution in [1.82, 2.24) is 25.2 Å². The maximum Gasteiger partial charge on any atom is 0.405 e. The van der Waals surface area contributed by atoms with E-state index in [1.54, 1.807) is 29.7 Å². The third-order valence-electron chi connectivity index (χ3n) is 4.82. The molecule has 0 bridgehead atoms. The van der Waals surface area contributed by atoms with Gasteiger partial charge in [-0.3, -0.25) is 4.90 Å². The zero-order valence-electron chi connectivity index (χ0n) is 16.5. The molecule has 0 amide bonds. The summed E-state index contributed by atoms with van der Waals surface area (Å²) in [5.74, 6) is 0.601. The Morgan fingerprint density at radius 2 is 2.10 bits per heavy atom. The van der Waals surface area contributed by atoms with Crippen molar-refractivity contribution in [2.75, 3.05) is 25.0 Å². The maximum atomic E-state index is 13.2. The van der Waals surface area contributed by atoms with E-state index in [2.05, 4.69) is 25.6 Å². The van der Waals surface area contributed by atoms with Gasteiger partial charge in [0.25, 0.3) is 0 Å². The Balaban J connectivity index is 1.41. The van der Waals surface area contributed by atoms with Crippen molar-refractivity contribution in [1.29, 1.82) is 0 Å². The van der Waals surface area contributed by atoms with Crippen molar-refractivity contribution in [2.24, 2.45) is 0 Å². The highest BCUT2D eigenvalue weighted by Gasteiger charge is 2.44. The van der Waals surface area contributed by atoms with Gasteiger partial charge in [-0.2, -0.15) is 13.2 Å². The van der Waals surface area contributed by atoms with Gasteiger partial charge < -0.3 is 10.6 Å². The van der Waals surface area contributed by atoms with E-state index in [-0.39, 0.29) is 13.1 Å². The predicted octanol–water partition coefficient (Wildman–Crippen LogP) is 4.36. The number of aryl methyl sites for hydroxylation is 2. The van der Waals surface area contributed by atoms with E-state index in [0.29, 0.717) is 24.0 Å². The fourth-order valence-electron chi connectivity index (χ4n) is 3.40. The summed E-state index contributed by atoms with van der Waals surface area (Å²) in [6.45, 7) is 4.96. The highest BCUT2D eigenvalue weighted by molar-refractivity contribution is 7.16. The molecule has 1 saturated heterocycles. The van der Waals surface area contributed by atoms with Gasteiger partial charge >= 0.3 is 6.18 Å². The van der Waals surface area contributed by atoms with Crippen LogP contribution in [0.25, 0.3) is 10.6 Å². The van der Waals surface area contributed by atoms with Gasteiger partial charge in [0.15, 0.2) is 5.13 Å². The number of alkyl halides is 3. The number of hydrogen-bond acceptors (Lipinski definition) is 8. The van der Waals surface area contributed by atoms with E-state index in [1.165, 1.54) is 16.2 Å². The number of pyridine rings is 1. The summed E-state index contributed by atoms with van der Waals surface area (Å²) in [6.07, 6.45) is -2.64. The zero-order valence-corrected chi connectivity index (χ0v) is 18.1. The zero-order chi connectivity index (χ0) is 21.3. The molecule has 2 N–H and O–H groups in total. The normalized spacial score (nSPS) is 18.0. The molecule has 0 spiro atoms. The predicted molar refractivity (Wildman–Crippen MR) is 113 cm³/mol. The lowest BCUT2D eigenvalue weighted by Gasteiger charge is -2.37. The first-order chi connectivity index (χ1) is 14.3. The molecule has 1 fully saturated rings. The topological polar surface area (TPSA) is 66.0 Å². The van der Waals surface area contributed by atoms with Crippen molar-refractivity contribution in [2.45, 2.75) is 32.6 Å². The Hall–Kier alpha value is -2.08. The van der Waals surface area contributed by atoms with Crippen LogP contribution in [0.15, 0.2) is 23.7 Å². The standard InChI is InChI=1S/C19H21F3N6S2/c1-11-17(30-12(2)25-11)14-10-29-18(26-14)27-16-4-3-13(7-24-16)9-28-6-5-23-8-15(28)19(20,21)22/h3-4,7,10,15,23H,5-6,8-9H2,1-2H3,(H,24,26,27). The van der Waals surface area contributed by atoms with Gasteiger partial charge in [0.05, 0.1) is 21.3 Å². The number of anilines is 2. The first-order valence-electron chi connectivity index (χ1n) is 9.43. The molecule has 0 saturated carbocycles. The van der Waals surface area contributed by atoms with Crippen LogP contribution in [0.1, 0.15) is 16.3 Å². The summed E-state index contributed by atoms with van der Waals surface area (Å²) >= 11 is 3.08. The number of nitrogens with zero attached hydrogens (tertiary/aromatic N) is 4. The van der Waals surface area contributed by atoms with Crippen LogP contribution in [0.3, 0.4) is 0 Å². The van der Waals surface area contributed by atoms with E-state index in [9.17, 15) is 13.2 Å². The van der Waals surface area contributed by atoms with E-state index in [0.717, 1.165) is 26.8 Å². The number of piperazine rings is 1. The van der Waals surface area contributed by atoms with Gasteiger partial charge in [-0.05, 0) is 25.5 Å². The molecule has 4 rings (SSSR count). The fourth-order valence-corrected chi connectivity index (χ4v) is 5.06. The molecule has 0 aliphatic carbocycles. The number of thiazole rings is 2. The Kier molecular flexibility index (Phi) is 6.05. The third kappa shape index (κ3) is 4.80. The van der Waals surface area contributed by atoms with Gasteiger partial charge in [0, 0.05) is 37.8 Å². The minimum atomic E-state index is -4.25. The van der Waals surface area contributed by atoms with E-state index in [4.69, 9.17) is 0 Å². The molecule has 160 valence electrons. The smallest absolute Gasteiger partial charge is 0.316 e. The first kappa shape index (κ1) is 21.2. The minimum Gasteiger partial charge on any atom is -0.316 e. The lowest BCUT2D eigenvalue weighted by molar-refractivity contribution is -0.188. The molecule has 3 aromatic heterocycles.